The van der Waals surface area contributed by atoms with Crippen molar-refractivity contribution in [2.24, 2.45) is 0 Å². The Labute approximate surface area is 228 Å². The normalized spacial score (nSPS) is 11.3. The molecule has 10 heteroatoms. The number of carbonyl (C=O) groups is 2. The van der Waals surface area contributed by atoms with Crippen molar-refractivity contribution in [2.75, 3.05) is 32.2 Å². The summed E-state index contributed by atoms with van der Waals surface area (Å²) in [7, 11) is 1.51. The van der Waals surface area contributed by atoms with E-state index in [1.807, 2.05) is 47.8 Å². The van der Waals surface area contributed by atoms with Crippen molar-refractivity contribution >= 4 is 56.0 Å². The summed E-state index contributed by atoms with van der Waals surface area (Å²) in [6.07, 6.45) is 1.49. The number of nitrogens with zero attached hydrogens (tertiary/aromatic N) is 2. The van der Waals surface area contributed by atoms with Crippen LogP contribution in [0, 0.1) is 18.3 Å². The SMILES string of the molecule is CCOC(=O)c1c(NC=C(C#N)c2nc(-c3cccc4ccccc34)cs2)sc(C(=O)OCCOC)c1C. The van der Waals surface area contributed by atoms with Crippen molar-refractivity contribution in [3.63, 3.8) is 0 Å². The summed E-state index contributed by atoms with van der Waals surface area (Å²) in [4.78, 5) is 30.3. The van der Waals surface area contributed by atoms with E-state index in [1.54, 1.807) is 13.8 Å². The van der Waals surface area contributed by atoms with E-state index in [0.717, 1.165) is 33.4 Å². The van der Waals surface area contributed by atoms with Crippen LogP contribution in [-0.2, 0) is 14.2 Å². The zero-order valence-electron chi connectivity index (χ0n) is 21.1. The summed E-state index contributed by atoms with van der Waals surface area (Å²) in [5, 5.41) is 17.9. The standard InChI is InChI=1S/C28H25N3O5S2/c1-4-35-27(32)23-17(2)24(28(33)36-13-12-34-3)38-26(23)30-15-19(14-29)25-31-22(16-37-25)21-11-7-9-18-8-5-6-10-20(18)21/h5-11,15-16,30H,4,12-13H2,1-3H3. The van der Waals surface area contributed by atoms with Crippen LogP contribution < -0.4 is 5.32 Å². The average molecular weight is 548 g/mol. The van der Waals surface area contributed by atoms with E-state index in [1.165, 1.54) is 24.6 Å². The fraction of sp³-hybridized carbons (Fsp3) is 0.214. The average Bonchev–Trinajstić information content (AvgIpc) is 3.54. The highest BCUT2D eigenvalue weighted by molar-refractivity contribution is 7.18. The van der Waals surface area contributed by atoms with Crippen molar-refractivity contribution in [2.45, 2.75) is 13.8 Å². The largest absolute Gasteiger partial charge is 0.462 e. The maximum atomic E-state index is 12.7. The number of ether oxygens (including phenoxy) is 3. The fourth-order valence-corrected chi connectivity index (χ4v) is 5.64. The second-order valence-corrected chi connectivity index (χ2v) is 9.87. The van der Waals surface area contributed by atoms with Gasteiger partial charge in [-0.2, -0.15) is 5.26 Å². The monoisotopic (exact) mass is 547 g/mol. The molecule has 2 aromatic carbocycles. The number of hydrogen-bond donors (Lipinski definition) is 1. The molecular weight excluding hydrogens is 522 g/mol. The molecule has 8 nitrogen and oxygen atoms in total. The number of anilines is 1. The van der Waals surface area contributed by atoms with Crippen LogP contribution in [0.25, 0.3) is 27.6 Å². The van der Waals surface area contributed by atoms with E-state index in [-0.39, 0.29) is 35.8 Å². The van der Waals surface area contributed by atoms with Gasteiger partial charge in [0.05, 0.1) is 24.5 Å². The lowest BCUT2D eigenvalue weighted by Gasteiger charge is -2.05. The van der Waals surface area contributed by atoms with Crippen LogP contribution in [0.15, 0.2) is 54.0 Å². The molecule has 0 fully saturated rings. The summed E-state index contributed by atoms with van der Waals surface area (Å²) in [5.41, 5.74) is 2.69. The molecule has 0 atom stereocenters. The van der Waals surface area contributed by atoms with Crippen LogP contribution in [0.5, 0.6) is 0 Å². The Hall–Kier alpha value is -4.04. The molecule has 0 saturated carbocycles. The van der Waals surface area contributed by atoms with Crippen LogP contribution in [0.1, 0.15) is 37.5 Å². The van der Waals surface area contributed by atoms with E-state index >= 15 is 0 Å². The molecule has 0 amide bonds. The second kappa shape index (κ2) is 12.5. The molecule has 2 heterocycles. The molecule has 2 aromatic heterocycles. The van der Waals surface area contributed by atoms with E-state index in [0.29, 0.717) is 15.6 Å². The highest BCUT2D eigenvalue weighted by Crippen LogP contribution is 2.35. The first kappa shape index (κ1) is 27.0. The zero-order chi connectivity index (χ0) is 27.1. The third-order valence-electron chi connectivity index (χ3n) is 5.60. The lowest BCUT2D eigenvalue weighted by Crippen LogP contribution is -2.11. The van der Waals surface area contributed by atoms with Gasteiger partial charge in [-0.05, 0) is 30.2 Å². The van der Waals surface area contributed by atoms with Crippen LogP contribution >= 0.6 is 22.7 Å². The molecule has 4 aromatic rings. The Morgan fingerprint density at radius 2 is 1.89 bits per heavy atom. The van der Waals surface area contributed by atoms with Crippen LogP contribution in [0.3, 0.4) is 0 Å². The lowest BCUT2D eigenvalue weighted by molar-refractivity contribution is 0.0393. The number of allylic oxidation sites excluding steroid dienone is 1. The summed E-state index contributed by atoms with van der Waals surface area (Å²) in [5.74, 6) is -1.13. The van der Waals surface area contributed by atoms with Gasteiger partial charge < -0.3 is 19.5 Å². The molecule has 4 rings (SSSR count). The van der Waals surface area contributed by atoms with Crippen LogP contribution in [0.2, 0.25) is 0 Å². The first-order chi connectivity index (χ1) is 18.5. The minimum absolute atomic E-state index is 0.0890. The van der Waals surface area contributed by atoms with Gasteiger partial charge in [0.2, 0.25) is 0 Å². The zero-order valence-corrected chi connectivity index (χ0v) is 22.7. The molecule has 194 valence electrons. The van der Waals surface area contributed by atoms with Gasteiger partial charge in [-0.25, -0.2) is 14.6 Å². The molecule has 0 unspecified atom stereocenters. The summed E-state index contributed by atoms with van der Waals surface area (Å²) >= 11 is 2.41. The molecule has 0 bridgehead atoms. The van der Waals surface area contributed by atoms with Gasteiger partial charge in [0.1, 0.15) is 33.1 Å². The third kappa shape index (κ3) is 5.75. The van der Waals surface area contributed by atoms with Gasteiger partial charge >= 0.3 is 11.9 Å². The summed E-state index contributed by atoms with van der Waals surface area (Å²) in [6, 6.07) is 16.3. The molecule has 0 aliphatic rings. The number of benzene rings is 2. The third-order valence-corrected chi connectivity index (χ3v) is 7.68. The number of aromatic nitrogens is 1. The maximum Gasteiger partial charge on any atom is 0.348 e. The Kier molecular flexibility index (Phi) is 8.86. The van der Waals surface area contributed by atoms with Gasteiger partial charge in [0, 0.05) is 24.3 Å². The van der Waals surface area contributed by atoms with Crippen molar-refractivity contribution in [3.05, 3.63) is 75.1 Å². The number of thiophene rings is 1. The fourth-order valence-electron chi connectivity index (χ4n) is 3.79. The Bertz CT molecular complexity index is 1540. The Morgan fingerprint density at radius 1 is 1.11 bits per heavy atom. The molecule has 1 N–H and O–H groups in total. The maximum absolute atomic E-state index is 12.7. The first-order valence-corrected chi connectivity index (χ1v) is 13.5. The number of carbonyl (C=O) groups excluding carboxylic acids is 2. The van der Waals surface area contributed by atoms with Gasteiger partial charge in [-0.1, -0.05) is 42.5 Å². The number of nitriles is 1. The number of rotatable bonds is 10. The smallest absolute Gasteiger partial charge is 0.348 e. The van der Waals surface area contributed by atoms with Gasteiger partial charge in [0.25, 0.3) is 0 Å². The molecule has 0 saturated heterocycles. The minimum Gasteiger partial charge on any atom is -0.462 e. The summed E-state index contributed by atoms with van der Waals surface area (Å²) < 4.78 is 15.4. The van der Waals surface area contributed by atoms with Gasteiger partial charge in [-0.15, -0.1) is 22.7 Å². The van der Waals surface area contributed by atoms with Gasteiger partial charge in [-0.3, -0.25) is 0 Å². The number of thiazole rings is 1. The van der Waals surface area contributed by atoms with Crippen LogP contribution in [-0.4, -0.2) is 43.9 Å². The number of esters is 2. The van der Waals surface area contributed by atoms with E-state index in [9.17, 15) is 14.9 Å². The second-order valence-electron chi connectivity index (χ2n) is 7.99. The van der Waals surface area contributed by atoms with E-state index in [4.69, 9.17) is 19.2 Å². The molecule has 0 aliphatic heterocycles. The highest BCUT2D eigenvalue weighted by Gasteiger charge is 2.26. The first-order valence-electron chi connectivity index (χ1n) is 11.8. The molecule has 0 aliphatic carbocycles. The highest BCUT2D eigenvalue weighted by atomic mass is 32.1. The van der Waals surface area contributed by atoms with Crippen molar-refractivity contribution in [1.82, 2.24) is 4.98 Å². The quantitative estimate of drug-likeness (QED) is 0.140. The van der Waals surface area contributed by atoms with Gasteiger partial charge in [0.15, 0.2) is 0 Å². The topological polar surface area (TPSA) is 111 Å². The number of nitrogens with one attached hydrogen (secondary N) is 1. The molecule has 38 heavy (non-hydrogen) atoms. The van der Waals surface area contributed by atoms with Crippen molar-refractivity contribution < 1.29 is 23.8 Å². The van der Waals surface area contributed by atoms with E-state index < -0.39 is 11.9 Å². The lowest BCUT2D eigenvalue weighted by atomic mass is 10.0. The summed E-state index contributed by atoms with van der Waals surface area (Å²) in [6.45, 7) is 3.89. The number of methoxy groups -OCH3 is 1. The minimum atomic E-state index is -0.570. The van der Waals surface area contributed by atoms with Crippen molar-refractivity contribution in [3.8, 4) is 17.3 Å². The number of hydrogen-bond acceptors (Lipinski definition) is 10. The van der Waals surface area contributed by atoms with Crippen LogP contribution in [0.4, 0.5) is 5.00 Å². The van der Waals surface area contributed by atoms with E-state index in [2.05, 4.69) is 11.4 Å². The number of fused-ring (bicyclic) bond motifs is 1. The molecule has 0 spiro atoms. The van der Waals surface area contributed by atoms with Crippen molar-refractivity contribution in [1.29, 1.82) is 5.26 Å². The predicted molar refractivity (Wildman–Crippen MR) is 149 cm³/mol. The molecule has 0 radical (unpaired) electrons. The predicted octanol–water partition coefficient (Wildman–Crippen LogP) is 6.29. The Morgan fingerprint density at radius 3 is 2.66 bits per heavy atom. The Balaban J connectivity index is 1.64. The molecular formula is C28H25N3O5S2.